The summed E-state index contributed by atoms with van der Waals surface area (Å²) in [6, 6.07) is 20.5. The van der Waals surface area contributed by atoms with E-state index in [0.717, 1.165) is 16.2 Å². The highest BCUT2D eigenvalue weighted by Crippen LogP contribution is 2.42. The third-order valence-electron chi connectivity index (χ3n) is 5.89. The number of benzene rings is 2. The first-order valence-corrected chi connectivity index (χ1v) is 11.9. The van der Waals surface area contributed by atoms with Crippen molar-refractivity contribution >= 4 is 23.6 Å². The summed E-state index contributed by atoms with van der Waals surface area (Å²) in [6.45, 7) is 4.87. The molecule has 3 nitrogen and oxygen atoms in total. The Morgan fingerprint density at radius 3 is 2.47 bits per heavy atom. The van der Waals surface area contributed by atoms with E-state index in [1.165, 1.54) is 6.07 Å². The summed E-state index contributed by atoms with van der Waals surface area (Å²) in [5, 5.41) is 0. The van der Waals surface area contributed by atoms with Crippen molar-refractivity contribution in [2.45, 2.75) is 31.3 Å². The third kappa shape index (κ3) is 4.69. The maximum absolute atomic E-state index is 14.6. The molecule has 0 bridgehead atoms. The Bertz CT molecular complexity index is 1130. The van der Waals surface area contributed by atoms with Gasteiger partial charge in [0.05, 0.1) is 11.7 Å². The molecule has 1 fully saturated rings. The highest BCUT2D eigenvalue weighted by atomic mass is 32.2. The van der Waals surface area contributed by atoms with Gasteiger partial charge in [-0.05, 0) is 48.2 Å². The summed E-state index contributed by atoms with van der Waals surface area (Å²) < 4.78 is 14.6. The van der Waals surface area contributed by atoms with Gasteiger partial charge in [-0.15, -0.1) is 11.8 Å². The van der Waals surface area contributed by atoms with E-state index in [1.807, 2.05) is 56.5 Å². The number of hydrogen-bond acceptors (Lipinski definition) is 4. The summed E-state index contributed by atoms with van der Waals surface area (Å²) in [6.07, 6.45) is 5.66. The van der Waals surface area contributed by atoms with Crippen molar-refractivity contribution in [1.82, 2.24) is 9.88 Å². The second kappa shape index (κ2) is 9.39. The number of halogens is 1. The van der Waals surface area contributed by atoms with Crippen LogP contribution in [0.1, 0.15) is 36.7 Å². The predicted octanol–water partition coefficient (Wildman–Crippen LogP) is 6.18. The normalized spacial score (nSPS) is 19.9. The molecule has 3 aromatic rings. The van der Waals surface area contributed by atoms with Gasteiger partial charge in [0.15, 0.2) is 5.78 Å². The van der Waals surface area contributed by atoms with E-state index in [1.54, 1.807) is 24.0 Å². The van der Waals surface area contributed by atoms with Gasteiger partial charge in [0.2, 0.25) is 0 Å². The number of carbonyl (C=O) groups is 1. The number of hydrogen-bond donors (Lipinski definition) is 0. The fraction of sp³-hybridized carbons (Fsp3) is 0.259. The van der Waals surface area contributed by atoms with Crippen LogP contribution in [0.15, 0.2) is 83.4 Å². The van der Waals surface area contributed by atoms with Crippen molar-refractivity contribution in [3.63, 3.8) is 0 Å². The summed E-state index contributed by atoms with van der Waals surface area (Å²) in [5.74, 6) is -0.124. The Morgan fingerprint density at radius 2 is 1.81 bits per heavy atom. The molecule has 1 aliphatic rings. The van der Waals surface area contributed by atoms with Gasteiger partial charge < -0.3 is 0 Å². The number of carbonyl (C=O) groups excluding carboxylic acids is 1. The molecule has 2 aromatic carbocycles. The standard InChI is InChI=1S/C27H27FN2OS/c1-27(2)18-30(17-20-8-4-5-10-24(20)28)25(19-11-13-22(32-3)14-12-19)23(26(27)31)16-21-9-6-7-15-29-21/h4-16,25H,17-18H2,1-3H3/b23-16+. The van der Waals surface area contributed by atoms with Gasteiger partial charge in [0.1, 0.15) is 5.82 Å². The molecule has 1 aromatic heterocycles. The predicted molar refractivity (Wildman–Crippen MR) is 129 cm³/mol. The van der Waals surface area contributed by atoms with Gasteiger partial charge in [-0.2, -0.15) is 0 Å². The number of Topliss-reactive ketones (excluding diaryl/α,β-unsaturated/α-hetero) is 1. The van der Waals surface area contributed by atoms with Crippen LogP contribution >= 0.6 is 11.8 Å². The Kier molecular flexibility index (Phi) is 6.58. The number of pyridine rings is 1. The molecular formula is C27H27FN2OS. The number of nitrogens with zero attached hydrogens (tertiary/aromatic N) is 2. The SMILES string of the molecule is CSc1ccc(C2/C(=C\c3ccccn3)C(=O)C(C)(C)CN2Cc2ccccc2F)cc1. The van der Waals surface area contributed by atoms with Crippen LogP contribution in [-0.4, -0.2) is 28.5 Å². The minimum atomic E-state index is -0.596. The molecule has 1 aliphatic heterocycles. The van der Waals surface area contributed by atoms with E-state index in [2.05, 4.69) is 34.1 Å². The molecule has 164 valence electrons. The zero-order valence-electron chi connectivity index (χ0n) is 18.6. The lowest BCUT2D eigenvalue weighted by Gasteiger charge is -2.44. The smallest absolute Gasteiger partial charge is 0.167 e. The van der Waals surface area contributed by atoms with Crippen molar-refractivity contribution in [2.24, 2.45) is 5.41 Å². The third-order valence-corrected chi connectivity index (χ3v) is 6.63. The van der Waals surface area contributed by atoms with Crippen LogP contribution in [0, 0.1) is 11.2 Å². The van der Waals surface area contributed by atoms with Crippen molar-refractivity contribution in [3.8, 4) is 0 Å². The van der Waals surface area contributed by atoms with Crippen LogP contribution in [0.4, 0.5) is 4.39 Å². The number of thioether (sulfide) groups is 1. The monoisotopic (exact) mass is 446 g/mol. The van der Waals surface area contributed by atoms with Gasteiger partial charge in [-0.25, -0.2) is 4.39 Å². The number of piperidine rings is 1. The lowest BCUT2D eigenvalue weighted by molar-refractivity contribution is -0.128. The number of likely N-dealkylation sites (tertiary alicyclic amines) is 1. The molecule has 0 N–H and O–H groups in total. The highest BCUT2D eigenvalue weighted by Gasteiger charge is 2.44. The molecule has 1 atom stereocenters. The number of aromatic nitrogens is 1. The van der Waals surface area contributed by atoms with Crippen LogP contribution in [0.3, 0.4) is 0 Å². The molecule has 4 rings (SSSR count). The molecule has 5 heteroatoms. The van der Waals surface area contributed by atoms with Crippen LogP contribution in [-0.2, 0) is 11.3 Å². The quantitative estimate of drug-likeness (QED) is 0.346. The fourth-order valence-corrected chi connectivity index (χ4v) is 4.73. The average molecular weight is 447 g/mol. The van der Waals surface area contributed by atoms with Crippen molar-refractivity contribution in [2.75, 3.05) is 12.8 Å². The lowest BCUT2D eigenvalue weighted by Crippen LogP contribution is -2.49. The molecule has 1 unspecified atom stereocenters. The molecule has 0 saturated carbocycles. The van der Waals surface area contributed by atoms with E-state index in [-0.39, 0.29) is 17.6 Å². The summed E-state index contributed by atoms with van der Waals surface area (Å²) in [4.78, 5) is 21.4. The van der Waals surface area contributed by atoms with E-state index >= 15 is 0 Å². The summed E-state index contributed by atoms with van der Waals surface area (Å²) in [5.41, 5.74) is 2.48. The van der Waals surface area contributed by atoms with Crippen molar-refractivity contribution < 1.29 is 9.18 Å². The minimum absolute atomic E-state index is 0.104. The van der Waals surface area contributed by atoms with Crippen molar-refractivity contribution in [1.29, 1.82) is 0 Å². The number of ketones is 1. The lowest BCUT2D eigenvalue weighted by atomic mass is 9.74. The number of rotatable bonds is 5. The minimum Gasteiger partial charge on any atom is -0.294 e. The molecular weight excluding hydrogens is 419 g/mol. The first kappa shape index (κ1) is 22.4. The second-order valence-electron chi connectivity index (χ2n) is 8.74. The second-order valence-corrected chi connectivity index (χ2v) is 9.62. The van der Waals surface area contributed by atoms with E-state index in [0.29, 0.717) is 24.2 Å². The molecule has 0 aliphatic carbocycles. The van der Waals surface area contributed by atoms with Gasteiger partial charge in [0.25, 0.3) is 0 Å². The highest BCUT2D eigenvalue weighted by molar-refractivity contribution is 7.98. The topological polar surface area (TPSA) is 33.2 Å². The van der Waals surface area contributed by atoms with Gasteiger partial charge >= 0.3 is 0 Å². The molecule has 32 heavy (non-hydrogen) atoms. The molecule has 0 spiro atoms. The maximum Gasteiger partial charge on any atom is 0.167 e. The van der Waals surface area contributed by atoms with Crippen LogP contribution in [0.25, 0.3) is 6.08 Å². The summed E-state index contributed by atoms with van der Waals surface area (Å²) >= 11 is 1.68. The Morgan fingerprint density at radius 1 is 1.09 bits per heavy atom. The Balaban J connectivity index is 1.84. The Hall–Kier alpha value is -2.76. The van der Waals surface area contributed by atoms with Gasteiger partial charge in [-0.3, -0.25) is 14.7 Å². The first-order chi connectivity index (χ1) is 15.4. The Labute approximate surface area is 193 Å². The maximum atomic E-state index is 14.6. The van der Waals surface area contributed by atoms with Gasteiger partial charge in [-0.1, -0.05) is 50.2 Å². The van der Waals surface area contributed by atoms with Crippen LogP contribution in [0.5, 0.6) is 0 Å². The molecule has 1 saturated heterocycles. The molecule has 2 heterocycles. The van der Waals surface area contributed by atoms with Crippen LogP contribution < -0.4 is 0 Å². The van der Waals surface area contributed by atoms with Gasteiger partial charge in [0, 0.05) is 40.7 Å². The van der Waals surface area contributed by atoms with E-state index in [4.69, 9.17) is 0 Å². The van der Waals surface area contributed by atoms with Crippen molar-refractivity contribution in [3.05, 3.63) is 101 Å². The van der Waals surface area contributed by atoms with E-state index in [9.17, 15) is 9.18 Å². The average Bonchev–Trinajstić information content (AvgIpc) is 2.79. The van der Waals surface area contributed by atoms with Crippen LogP contribution in [0.2, 0.25) is 0 Å². The largest absolute Gasteiger partial charge is 0.294 e. The fourth-order valence-electron chi connectivity index (χ4n) is 4.32. The zero-order chi connectivity index (χ0) is 22.7. The zero-order valence-corrected chi connectivity index (χ0v) is 19.4. The summed E-state index contributed by atoms with van der Waals surface area (Å²) in [7, 11) is 0. The first-order valence-electron chi connectivity index (χ1n) is 10.7. The van der Waals surface area contributed by atoms with E-state index < -0.39 is 5.41 Å². The molecule has 0 radical (unpaired) electrons. The molecule has 0 amide bonds.